The first-order valence-corrected chi connectivity index (χ1v) is 14.3. The highest BCUT2D eigenvalue weighted by Gasteiger charge is 2.73. The zero-order valence-corrected chi connectivity index (χ0v) is 25.8. The Bertz CT molecular complexity index is 1740. The van der Waals surface area contributed by atoms with E-state index in [1.54, 1.807) is 6.92 Å². The van der Waals surface area contributed by atoms with Crippen molar-refractivity contribution in [2.24, 2.45) is 0 Å². The summed E-state index contributed by atoms with van der Waals surface area (Å²) in [6.45, 7) is -2.39. The molecule has 4 rings (SSSR count). The van der Waals surface area contributed by atoms with Gasteiger partial charge in [-0.3, -0.25) is 9.59 Å². The second-order valence-corrected chi connectivity index (χ2v) is 11.0. The Morgan fingerprint density at radius 2 is 1.59 bits per heavy atom. The lowest BCUT2D eigenvalue weighted by Crippen LogP contribution is -2.50. The van der Waals surface area contributed by atoms with Gasteiger partial charge in [-0.1, -0.05) is 19.4 Å². The molecule has 0 aromatic heterocycles. The first-order valence-electron chi connectivity index (χ1n) is 13.5. The van der Waals surface area contributed by atoms with Gasteiger partial charge in [0.1, 0.15) is 0 Å². The minimum atomic E-state index is -6.63. The van der Waals surface area contributed by atoms with Crippen molar-refractivity contribution in [2.75, 3.05) is 16.8 Å². The van der Waals surface area contributed by atoms with Crippen LogP contribution in [0.1, 0.15) is 46.0 Å². The summed E-state index contributed by atoms with van der Waals surface area (Å²) in [7, 11) is 0. The minimum absolute atomic E-state index is 0.0892. The molecule has 1 aliphatic heterocycles. The number of anilines is 2. The average molecular weight is 783 g/mol. The van der Waals surface area contributed by atoms with Crippen LogP contribution in [0.4, 0.5) is 64.1 Å². The maximum Gasteiger partial charge on any atom is 0.586 e. The minimum Gasteiger partial charge on any atom is -0.433 e. The monoisotopic (exact) mass is 782 g/mol. The van der Waals surface area contributed by atoms with E-state index in [-0.39, 0.29) is 30.7 Å². The lowest BCUT2D eigenvalue weighted by atomic mass is 9.93. The molecule has 1 N–H and O–H groups in total. The van der Waals surface area contributed by atoms with Gasteiger partial charge in [0, 0.05) is 22.1 Å². The Kier molecular flexibility index (Phi) is 10.3. The summed E-state index contributed by atoms with van der Waals surface area (Å²) in [5.41, 5.74) is -11.1. The fourth-order valence-corrected chi connectivity index (χ4v) is 5.09. The maximum atomic E-state index is 15.9. The van der Waals surface area contributed by atoms with Crippen molar-refractivity contribution in [3.8, 4) is 17.2 Å². The number of fused-ring (bicyclic) bond motifs is 1. The van der Waals surface area contributed by atoms with E-state index < -0.39 is 92.8 Å². The molecule has 1 heterocycles. The van der Waals surface area contributed by atoms with Crippen LogP contribution in [-0.4, -0.2) is 43.6 Å². The highest BCUT2D eigenvalue weighted by molar-refractivity contribution is 9.10. The summed E-state index contributed by atoms with van der Waals surface area (Å²) >= 11 is 2.52. The van der Waals surface area contributed by atoms with E-state index in [0.717, 1.165) is 41.3 Å². The van der Waals surface area contributed by atoms with E-state index in [1.807, 2.05) is 5.32 Å². The number of alkyl halides is 11. The number of benzene rings is 3. The third-order valence-electron chi connectivity index (χ3n) is 6.83. The SMILES string of the molecule is CCCCN(C(=O)c1ccc2c(c1)OC(F)(F)O2)c1cccc(C(=O)Nc2c(Br)cc(C(F)(C(F)(F)F)C(F)(F)F)cc2OC(F)F)c1F. The van der Waals surface area contributed by atoms with E-state index >= 15 is 4.39 Å². The molecule has 3 aromatic rings. The number of hydrogen-bond donors (Lipinski definition) is 1. The lowest BCUT2D eigenvalue weighted by molar-refractivity contribution is -0.348. The van der Waals surface area contributed by atoms with Crippen LogP contribution < -0.4 is 24.4 Å². The van der Waals surface area contributed by atoms with Crippen LogP contribution in [0.3, 0.4) is 0 Å². The number of halogens is 13. The number of carbonyl (C=O) groups excluding carboxylic acids is 2. The predicted molar refractivity (Wildman–Crippen MR) is 149 cm³/mol. The molecule has 0 saturated carbocycles. The van der Waals surface area contributed by atoms with Crippen LogP contribution >= 0.6 is 15.9 Å². The van der Waals surface area contributed by atoms with E-state index in [9.17, 15) is 57.9 Å². The van der Waals surface area contributed by atoms with Crippen LogP contribution in [-0.2, 0) is 5.67 Å². The van der Waals surface area contributed by atoms with E-state index in [2.05, 4.69) is 30.1 Å². The van der Waals surface area contributed by atoms with E-state index in [0.29, 0.717) is 6.42 Å². The molecule has 0 spiro atoms. The Morgan fingerprint density at radius 3 is 2.18 bits per heavy atom. The zero-order chi connectivity index (χ0) is 36.7. The van der Waals surface area contributed by atoms with Crippen LogP contribution in [0.15, 0.2) is 53.0 Å². The Morgan fingerprint density at radius 1 is 0.959 bits per heavy atom. The topological polar surface area (TPSA) is 77.1 Å². The number of amides is 2. The number of rotatable bonds is 10. The largest absolute Gasteiger partial charge is 0.586 e. The summed E-state index contributed by atoms with van der Waals surface area (Å²) in [4.78, 5) is 27.5. The van der Waals surface area contributed by atoms with Gasteiger partial charge in [0.05, 0.1) is 16.9 Å². The van der Waals surface area contributed by atoms with Gasteiger partial charge in [0.25, 0.3) is 11.8 Å². The number of hydrogen-bond acceptors (Lipinski definition) is 5. The fraction of sp³-hybridized carbons (Fsp3) is 0.310. The molecule has 20 heteroatoms. The molecular formula is C29H19BrF12N2O5. The van der Waals surface area contributed by atoms with Crippen molar-refractivity contribution in [3.63, 3.8) is 0 Å². The van der Waals surface area contributed by atoms with Crippen LogP contribution in [0, 0.1) is 5.82 Å². The first kappa shape index (κ1) is 37.5. The van der Waals surface area contributed by atoms with Gasteiger partial charge in [-0.15, -0.1) is 8.78 Å². The standard InChI is InChI=1S/C29H19BrF12N2O5/c1-2-3-9-44(24(46)13-7-8-18-19(10-13)49-29(41,42)48-18)17-6-4-5-15(21(17)31)23(45)43-22-16(30)11-14(12-20(22)47-25(32)33)26(34,27(35,36)37)28(38,39)40/h4-8,10-12,25H,2-3,9H2,1H3,(H,43,45). The number of nitrogens with one attached hydrogen (secondary N) is 1. The van der Waals surface area contributed by atoms with Crippen molar-refractivity contribution >= 4 is 39.1 Å². The number of nitrogens with zero attached hydrogens (tertiary/aromatic N) is 1. The van der Waals surface area contributed by atoms with Crippen molar-refractivity contribution in [1.82, 2.24) is 0 Å². The predicted octanol–water partition coefficient (Wildman–Crippen LogP) is 9.50. The van der Waals surface area contributed by atoms with Gasteiger partial charge >= 0.3 is 30.9 Å². The number of carbonyl (C=O) groups is 2. The molecule has 0 radical (unpaired) electrons. The average Bonchev–Trinajstić information content (AvgIpc) is 3.30. The molecule has 2 amide bonds. The third kappa shape index (κ3) is 7.47. The van der Waals surface area contributed by atoms with Crippen molar-refractivity contribution in [3.05, 3.63) is 75.5 Å². The number of ether oxygens (including phenoxy) is 3. The molecule has 0 bridgehead atoms. The highest BCUT2D eigenvalue weighted by atomic mass is 79.9. The number of unbranched alkanes of at least 4 members (excludes halogenated alkanes) is 1. The Balaban J connectivity index is 1.73. The van der Waals surface area contributed by atoms with Gasteiger partial charge < -0.3 is 24.4 Å². The molecule has 49 heavy (non-hydrogen) atoms. The first-order chi connectivity index (χ1) is 22.6. The Labute approximate surface area is 275 Å². The molecule has 1 aliphatic rings. The van der Waals surface area contributed by atoms with Gasteiger partial charge in [-0.05, 0) is 64.8 Å². The van der Waals surface area contributed by atoms with Gasteiger partial charge in [-0.2, -0.15) is 35.1 Å². The zero-order valence-electron chi connectivity index (χ0n) is 24.2. The smallest absolute Gasteiger partial charge is 0.433 e. The molecule has 0 aliphatic carbocycles. The summed E-state index contributed by atoms with van der Waals surface area (Å²) in [5, 5.41) is 1.83. The molecule has 266 valence electrons. The summed E-state index contributed by atoms with van der Waals surface area (Å²) < 4.78 is 176. The summed E-state index contributed by atoms with van der Waals surface area (Å²) in [6.07, 6.45) is -16.6. The summed E-state index contributed by atoms with van der Waals surface area (Å²) in [6, 6.07) is 5.48. The van der Waals surface area contributed by atoms with Crippen LogP contribution in [0.2, 0.25) is 0 Å². The highest BCUT2D eigenvalue weighted by Crippen LogP contribution is 2.55. The Hall–Kier alpha value is -4.36. The van der Waals surface area contributed by atoms with Crippen molar-refractivity contribution in [2.45, 2.75) is 50.7 Å². The van der Waals surface area contributed by atoms with Gasteiger partial charge in [-0.25, -0.2) is 8.78 Å². The molecule has 0 unspecified atom stereocenters. The second kappa shape index (κ2) is 13.5. The molecule has 7 nitrogen and oxygen atoms in total. The second-order valence-electron chi connectivity index (χ2n) is 10.1. The maximum absolute atomic E-state index is 15.9. The molecule has 0 fully saturated rings. The van der Waals surface area contributed by atoms with Crippen LogP contribution in [0.5, 0.6) is 17.2 Å². The quantitative estimate of drug-likeness (QED) is 0.208. The van der Waals surface area contributed by atoms with Crippen molar-refractivity contribution in [1.29, 1.82) is 0 Å². The normalized spacial score (nSPS) is 14.2. The third-order valence-corrected chi connectivity index (χ3v) is 7.46. The van der Waals surface area contributed by atoms with E-state index in [4.69, 9.17) is 0 Å². The molecular weight excluding hydrogens is 764 g/mol. The van der Waals surface area contributed by atoms with Gasteiger partial charge in [0.15, 0.2) is 23.1 Å². The molecule has 3 aromatic carbocycles. The molecule has 0 atom stereocenters. The van der Waals surface area contributed by atoms with Gasteiger partial charge in [0.2, 0.25) is 0 Å². The fourth-order valence-electron chi connectivity index (χ4n) is 4.55. The van der Waals surface area contributed by atoms with Crippen molar-refractivity contribution < 1.29 is 76.5 Å². The van der Waals surface area contributed by atoms with E-state index in [1.165, 1.54) is 0 Å². The van der Waals surface area contributed by atoms with Crippen LogP contribution in [0.25, 0.3) is 0 Å². The summed E-state index contributed by atoms with van der Waals surface area (Å²) in [5.74, 6) is -6.37. The lowest BCUT2D eigenvalue weighted by Gasteiger charge is -2.31. The molecule has 0 saturated heterocycles.